The Hall–Kier alpha value is -2.90. The predicted octanol–water partition coefficient (Wildman–Crippen LogP) is 3.81. The third kappa shape index (κ3) is 4.17. The van der Waals surface area contributed by atoms with Crippen LogP contribution in [0.1, 0.15) is 42.0 Å². The number of rotatable bonds is 4. The molecule has 0 aliphatic carbocycles. The average Bonchev–Trinajstić information content (AvgIpc) is 3.35. The number of amides is 2. The van der Waals surface area contributed by atoms with Crippen molar-refractivity contribution < 1.29 is 22.8 Å². The zero-order valence-electron chi connectivity index (χ0n) is 16.3. The van der Waals surface area contributed by atoms with Crippen molar-refractivity contribution in [1.29, 1.82) is 0 Å². The molecule has 0 N–H and O–H groups in total. The fourth-order valence-corrected chi connectivity index (χ4v) is 4.35. The molecule has 2 aromatic rings. The van der Waals surface area contributed by atoms with E-state index >= 15 is 0 Å². The lowest BCUT2D eigenvalue weighted by Gasteiger charge is -2.27. The third-order valence-corrected chi connectivity index (χ3v) is 5.82. The second-order valence-corrected chi connectivity index (χ2v) is 7.84. The van der Waals surface area contributed by atoms with Gasteiger partial charge in [-0.25, -0.2) is 0 Å². The van der Waals surface area contributed by atoms with Gasteiger partial charge in [0.25, 0.3) is 0 Å². The van der Waals surface area contributed by atoms with Crippen LogP contribution in [0.5, 0.6) is 0 Å². The molecule has 1 aromatic carbocycles. The summed E-state index contributed by atoms with van der Waals surface area (Å²) in [4.78, 5) is 32.9. The Kier molecular flexibility index (Phi) is 5.49. The molecule has 30 heavy (non-hydrogen) atoms. The molecule has 1 aromatic heterocycles. The van der Waals surface area contributed by atoms with Gasteiger partial charge >= 0.3 is 6.18 Å². The second kappa shape index (κ2) is 8.08. The minimum Gasteiger partial charge on any atom is -0.338 e. The van der Waals surface area contributed by atoms with E-state index in [0.717, 1.165) is 30.5 Å². The molecule has 3 heterocycles. The first-order valence-electron chi connectivity index (χ1n) is 9.97. The molecule has 2 aliphatic rings. The summed E-state index contributed by atoms with van der Waals surface area (Å²) in [6.45, 7) is 0.942. The lowest BCUT2D eigenvalue weighted by Crippen LogP contribution is -2.37. The Bertz CT molecular complexity index is 933. The first-order valence-corrected chi connectivity index (χ1v) is 9.97. The Morgan fingerprint density at radius 2 is 1.93 bits per heavy atom. The number of carbonyl (C=O) groups excluding carboxylic acids is 2. The standard InChI is InChI=1S/C22H22F3N3O2/c23-22(24,25)18-4-1-3-15(11-18)13-27-14-17(12-20(27)29)21(30)28-10-2-5-19(28)16-6-8-26-9-7-16/h1,3-4,6-9,11,17,19H,2,5,10,12-14H2. The summed E-state index contributed by atoms with van der Waals surface area (Å²) in [6.07, 6.45) is 0.828. The Morgan fingerprint density at radius 1 is 1.17 bits per heavy atom. The lowest BCUT2D eigenvalue weighted by molar-refractivity contribution is -0.138. The Morgan fingerprint density at radius 3 is 2.67 bits per heavy atom. The van der Waals surface area contributed by atoms with Gasteiger partial charge in [-0.15, -0.1) is 0 Å². The van der Waals surface area contributed by atoms with Crippen LogP contribution in [0, 0.1) is 5.92 Å². The highest BCUT2D eigenvalue weighted by atomic mass is 19.4. The number of hydrogen-bond acceptors (Lipinski definition) is 3. The zero-order valence-corrected chi connectivity index (χ0v) is 16.3. The summed E-state index contributed by atoms with van der Waals surface area (Å²) in [5.74, 6) is -0.731. The Balaban J connectivity index is 1.44. The van der Waals surface area contributed by atoms with Crippen LogP contribution < -0.4 is 0 Å². The maximum atomic E-state index is 13.1. The number of benzene rings is 1. The van der Waals surface area contributed by atoms with Crippen LogP contribution in [-0.4, -0.2) is 39.7 Å². The smallest absolute Gasteiger partial charge is 0.338 e. The van der Waals surface area contributed by atoms with Crippen LogP contribution in [0.25, 0.3) is 0 Å². The summed E-state index contributed by atoms with van der Waals surface area (Å²) in [5, 5.41) is 0. The quantitative estimate of drug-likeness (QED) is 0.760. The van der Waals surface area contributed by atoms with Gasteiger partial charge in [-0.1, -0.05) is 12.1 Å². The molecule has 0 spiro atoms. The number of alkyl halides is 3. The van der Waals surface area contributed by atoms with Gasteiger partial charge in [-0.3, -0.25) is 14.6 Å². The molecule has 0 bridgehead atoms. The third-order valence-electron chi connectivity index (χ3n) is 5.82. The van der Waals surface area contributed by atoms with E-state index in [-0.39, 0.29) is 37.4 Å². The Labute approximate surface area is 172 Å². The highest BCUT2D eigenvalue weighted by molar-refractivity contribution is 5.89. The summed E-state index contributed by atoms with van der Waals surface area (Å²) < 4.78 is 38.8. The van der Waals surface area contributed by atoms with Crippen LogP contribution in [0.3, 0.4) is 0 Å². The normalized spacial score (nSPS) is 22.0. The van der Waals surface area contributed by atoms with E-state index in [4.69, 9.17) is 0 Å². The van der Waals surface area contributed by atoms with E-state index < -0.39 is 17.7 Å². The number of aromatic nitrogens is 1. The van der Waals surface area contributed by atoms with E-state index in [9.17, 15) is 22.8 Å². The van der Waals surface area contributed by atoms with Gasteiger partial charge < -0.3 is 9.80 Å². The minimum absolute atomic E-state index is 0.0203. The van der Waals surface area contributed by atoms with Crippen LogP contribution >= 0.6 is 0 Å². The van der Waals surface area contributed by atoms with Gasteiger partial charge in [0, 0.05) is 38.4 Å². The number of carbonyl (C=O) groups is 2. The van der Waals surface area contributed by atoms with E-state index in [0.29, 0.717) is 12.1 Å². The number of nitrogens with zero attached hydrogens (tertiary/aromatic N) is 3. The van der Waals surface area contributed by atoms with Crippen LogP contribution in [0.15, 0.2) is 48.8 Å². The summed E-state index contributed by atoms with van der Waals surface area (Å²) in [7, 11) is 0. The molecule has 2 unspecified atom stereocenters. The molecule has 4 rings (SSSR count). The number of hydrogen-bond donors (Lipinski definition) is 0. The van der Waals surface area contributed by atoms with Gasteiger partial charge in [0.2, 0.25) is 11.8 Å². The fraction of sp³-hybridized carbons (Fsp3) is 0.409. The topological polar surface area (TPSA) is 53.5 Å². The summed E-state index contributed by atoms with van der Waals surface area (Å²) in [5.41, 5.74) is 0.694. The molecule has 0 saturated carbocycles. The van der Waals surface area contributed by atoms with E-state index in [2.05, 4.69) is 4.98 Å². The largest absolute Gasteiger partial charge is 0.416 e. The number of pyridine rings is 1. The van der Waals surface area contributed by atoms with E-state index in [1.165, 1.54) is 11.0 Å². The van der Waals surface area contributed by atoms with Crippen molar-refractivity contribution in [2.45, 2.75) is 38.0 Å². The van der Waals surface area contributed by atoms with Crippen LogP contribution in [0.2, 0.25) is 0 Å². The number of likely N-dealkylation sites (tertiary alicyclic amines) is 2. The van der Waals surface area contributed by atoms with Crippen molar-refractivity contribution in [3.63, 3.8) is 0 Å². The maximum Gasteiger partial charge on any atom is 0.416 e. The van der Waals surface area contributed by atoms with Crippen LogP contribution in [0.4, 0.5) is 13.2 Å². The summed E-state index contributed by atoms with van der Waals surface area (Å²) >= 11 is 0. The second-order valence-electron chi connectivity index (χ2n) is 7.84. The molecule has 5 nitrogen and oxygen atoms in total. The molecule has 8 heteroatoms. The monoisotopic (exact) mass is 417 g/mol. The van der Waals surface area contributed by atoms with Crippen molar-refractivity contribution >= 4 is 11.8 Å². The molecule has 2 fully saturated rings. The van der Waals surface area contributed by atoms with Gasteiger partial charge in [0.1, 0.15) is 0 Å². The first-order chi connectivity index (χ1) is 14.3. The summed E-state index contributed by atoms with van der Waals surface area (Å²) in [6, 6.07) is 8.75. The SMILES string of the molecule is O=C1CC(C(=O)N2CCCC2c2ccncc2)CN1Cc1cccc(C(F)(F)F)c1. The van der Waals surface area contributed by atoms with Crippen molar-refractivity contribution in [3.8, 4) is 0 Å². The average molecular weight is 417 g/mol. The van der Waals surface area contributed by atoms with Gasteiger partial charge in [-0.05, 0) is 48.2 Å². The molecule has 158 valence electrons. The number of halogens is 3. The molecular formula is C22H22F3N3O2. The highest BCUT2D eigenvalue weighted by Crippen LogP contribution is 2.35. The van der Waals surface area contributed by atoms with Crippen molar-refractivity contribution in [3.05, 3.63) is 65.5 Å². The maximum absolute atomic E-state index is 13.1. The minimum atomic E-state index is -4.43. The predicted molar refractivity (Wildman–Crippen MR) is 103 cm³/mol. The van der Waals surface area contributed by atoms with Crippen molar-refractivity contribution in [2.75, 3.05) is 13.1 Å². The molecule has 2 amide bonds. The fourth-order valence-electron chi connectivity index (χ4n) is 4.35. The van der Waals surface area contributed by atoms with Gasteiger partial charge in [-0.2, -0.15) is 13.2 Å². The van der Waals surface area contributed by atoms with Crippen molar-refractivity contribution in [2.24, 2.45) is 5.92 Å². The lowest BCUT2D eigenvalue weighted by atomic mass is 10.0. The molecule has 0 radical (unpaired) electrons. The van der Waals surface area contributed by atoms with Crippen molar-refractivity contribution in [1.82, 2.24) is 14.8 Å². The molecule has 2 aliphatic heterocycles. The van der Waals surface area contributed by atoms with Gasteiger partial charge in [0.15, 0.2) is 0 Å². The highest BCUT2D eigenvalue weighted by Gasteiger charge is 2.40. The molecule has 2 saturated heterocycles. The van der Waals surface area contributed by atoms with E-state index in [1.54, 1.807) is 18.5 Å². The van der Waals surface area contributed by atoms with Gasteiger partial charge in [0.05, 0.1) is 17.5 Å². The molecular weight excluding hydrogens is 395 g/mol. The zero-order chi connectivity index (χ0) is 21.3. The van der Waals surface area contributed by atoms with Crippen LogP contribution in [-0.2, 0) is 22.3 Å². The van der Waals surface area contributed by atoms with E-state index in [1.807, 2.05) is 17.0 Å². The molecule has 2 atom stereocenters. The first kappa shape index (κ1) is 20.4.